The maximum Gasteiger partial charge on any atom is 0.318 e. The molecule has 0 saturated carbocycles. The summed E-state index contributed by atoms with van der Waals surface area (Å²) in [6.07, 6.45) is 5.74. The van der Waals surface area contributed by atoms with Gasteiger partial charge in [-0.2, -0.15) is 5.10 Å². The van der Waals surface area contributed by atoms with Crippen molar-refractivity contribution in [2.45, 2.75) is 31.8 Å². The van der Waals surface area contributed by atoms with Crippen molar-refractivity contribution in [1.82, 2.24) is 20.0 Å². The molecule has 2 heterocycles. The molecule has 7 heteroatoms. The third-order valence-electron chi connectivity index (χ3n) is 4.39. The number of amides is 2. The van der Waals surface area contributed by atoms with Gasteiger partial charge >= 0.3 is 6.03 Å². The predicted molar refractivity (Wildman–Crippen MR) is 95.3 cm³/mol. The van der Waals surface area contributed by atoms with Crippen LogP contribution in [0.25, 0.3) is 0 Å². The summed E-state index contributed by atoms with van der Waals surface area (Å²) in [6.45, 7) is 2.66. The minimum atomic E-state index is -0.197. The van der Waals surface area contributed by atoms with E-state index in [1.165, 1.54) is 0 Å². The zero-order valence-electron chi connectivity index (χ0n) is 13.7. The molecule has 1 aromatic heterocycles. The smallest absolute Gasteiger partial charge is 0.318 e. The predicted octanol–water partition coefficient (Wildman–Crippen LogP) is 4.33. The maximum absolute atomic E-state index is 12.7. The number of benzene rings is 1. The summed E-state index contributed by atoms with van der Waals surface area (Å²) in [5.74, 6) is 0. The van der Waals surface area contributed by atoms with Crippen LogP contribution in [0.15, 0.2) is 30.6 Å². The van der Waals surface area contributed by atoms with E-state index >= 15 is 0 Å². The van der Waals surface area contributed by atoms with Crippen LogP contribution in [0.1, 0.15) is 43.0 Å². The second kappa shape index (κ2) is 7.03. The number of halogens is 2. The molecule has 0 aliphatic carbocycles. The molecule has 1 saturated heterocycles. The van der Waals surface area contributed by atoms with E-state index in [0.717, 1.165) is 30.5 Å². The molecule has 5 nitrogen and oxygen atoms in total. The van der Waals surface area contributed by atoms with Crippen LogP contribution in [-0.2, 0) is 7.05 Å². The lowest BCUT2D eigenvalue weighted by Gasteiger charge is -2.26. The molecule has 3 rings (SSSR count). The molecule has 2 atom stereocenters. The normalized spacial score (nSPS) is 18.7. The number of carbonyl (C=O) groups is 1. The SMILES string of the molecule is C[C@@H](NC(=O)N1CCCC1c1cnn(C)c1)c1ccc(Cl)cc1Cl. The number of hydrogen-bond donors (Lipinski definition) is 1. The fourth-order valence-electron chi connectivity index (χ4n) is 3.17. The topological polar surface area (TPSA) is 50.2 Å². The molecule has 1 unspecified atom stereocenters. The summed E-state index contributed by atoms with van der Waals surface area (Å²) < 4.78 is 1.76. The number of nitrogens with zero attached hydrogens (tertiary/aromatic N) is 3. The molecule has 1 N–H and O–H groups in total. The number of hydrogen-bond acceptors (Lipinski definition) is 2. The Hall–Kier alpha value is -1.72. The minimum absolute atomic E-state index is 0.0755. The van der Waals surface area contributed by atoms with E-state index in [9.17, 15) is 4.79 Å². The number of likely N-dealkylation sites (tertiary alicyclic amines) is 1. The zero-order valence-corrected chi connectivity index (χ0v) is 15.2. The Bertz CT molecular complexity index is 746. The van der Waals surface area contributed by atoms with E-state index < -0.39 is 0 Å². The first-order valence-corrected chi connectivity index (χ1v) is 8.72. The van der Waals surface area contributed by atoms with Crippen LogP contribution >= 0.6 is 23.2 Å². The molecule has 128 valence electrons. The molecule has 0 radical (unpaired) electrons. The number of urea groups is 1. The third kappa shape index (κ3) is 3.52. The lowest BCUT2D eigenvalue weighted by Crippen LogP contribution is -2.40. The molecule has 2 aromatic rings. The molecule has 1 aliphatic rings. The number of aromatic nitrogens is 2. The molecule has 1 aliphatic heterocycles. The summed E-state index contributed by atoms with van der Waals surface area (Å²) in [5.41, 5.74) is 1.92. The van der Waals surface area contributed by atoms with Gasteiger partial charge < -0.3 is 10.2 Å². The van der Waals surface area contributed by atoms with E-state index in [-0.39, 0.29) is 18.1 Å². The number of rotatable bonds is 3. The van der Waals surface area contributed by atoms with Gasteiger partial charge in [-0.1, -0.05) is 29.3 Å². The van der Waals surface area contributed by atoms with Crippen molar-refractivity contribution in [3.63, 3.8) is 0 Å². The minimum Gasteiger partial charge on any atom is -0.331 e. The van der Waals surface area contributed by atoms with Gasteiger partial charge in [0, 0.05) is 35.4 Å². The van der Waals surface area contributed by atoms with Crippen molar-refractivity contribution in [3.05, 3.63) is 51.8 Å². The van der Waals surface area contributed by atoms with Crippen molar-refractivity contribution in [1.29, 1.82) is 0 Å². The third-order valence-corrected chi connectivity index (χ3v) is 4.95. The number of aryl methyl sites for hydroxylation is 1. The second-order valence-electron chi connectivity index (χ2n) is 6.14. The van der Waals surface area contributed by atoms with Crippen molar-refractivity contribution in [2.24, 2.45) is 7.05 Å². The first kappa shape index (κ1) is 17.1. The highest BCUT2D eigenvalue weighted by atomic mass is 35.5. The summed E-state index contributed by atoms with van der Waals surface area (Å²) in [6, 6.07) is 5.11. The van der Waals surface area contributed by atoms with Crippen LogP contribution in [0.3, 0.4) is 0 Å². The summed E-state index contributed by atoms with van der Waals surface area (Å²) in [7, 11) is 1.88. The van der Waals surface area contributed by atoms with Crippen LogP contribution in [0.5, 0.6) is 0 Å². The first-order valence-electron chi connectivity index (χ1n) is 7.96. The average Bonchev–Trinajstić information content (AvgIpc) is 3.15. The quantitative estimate of drug-likeness (QED) is 0.878. The molecule has 1 aromatic carbocycles. The Morgan fingerprint density at radius 1 is 1.42 bits per heavy atom. The summed E-state index contributed by atoms with van der Waals surface area (Å²) >= 11 is 12.2. The number of nitrogens with one attached hydrogen (secondary N) is 1. The van der Waals surface area contributed by atoms with E-state index in [2.05, 4.69) is 10.4 Å². The van der Waals surface area contributed by atoms with Crippen molar-refractivity contribution < 1.29 is 4.79 Å². The lowest BCUT2D eigenvalue weighted by atomic mass is 10.1. The molecule has 2 amide bonds. The highest BCUT2D eigenvalue weighted by Gasteiger charge is 2.31. The Labute approximate surface area is 151 Å². The molecule has 24 heavy (non-hydrogen) atoms. The van der Waals surface area contributed by atoms with Crippen LogP contribution in [0.4, 0.5) is 4.79 Å². The lowest BCUT2D eigenvalue weighted by molar-refractivity contribution is 0.189. The van der Waals surface area contributed by atoms with Crippen LogP contribution in [0.2, 0.25) is 10.0 Å². The van der Waals surface area contributed by atoms with Gasteiger partial charge in [-0.25, -0.2) is 4.79 Å². The fraction of sp³-hybridized carbons (Fsp3) is 0.412. The van der Waals surface area contributed by atoms with Crippen molar-refractivity contribution in [3.8, 4) is 0 Å². The van der Waals surface area contributed by atoms with Gasteiger partial charge in [0.2, 0.25) is 0 Å². The Kier molecular flexibility index (Phi) is 5.01. The van der Waals surface area contributed by atoms with Crippen molar-refractivity contribution >= 4 is 29.2 Å². The van der Waals surface area contributed by atoms with Gasteiger partial charge in [-0.15, -0.1) is 0 Å². The van der Waals surface area contributed by atoms with Gasteiger partial charge in [-0.05, 0) is 37.5 Å². The van der Waals surface area contributed by atoms with Gasteiger partial charge in [0.1, 0.15) is 0 Å². The molecular weight excluding hydrogens is 347 g/mol. The summed E-state index contributed by atoms with van der Waals surface area (Å²) in [5, 5.41) is 8.39. The van der Waals surface area contributed by atoms with Gasteiger partial charge in [-0.3, -0.25) is 4.68 Å². The largest absolute Gasteiger partial charge is 0.331 e. The monoisotopic (exact) mass is 366 g/mol. The van der Waals surface area contributed by atoms with Crippen LogP contribution in [-0.4, -0.2) is 27.3 Å². The van der Waals surface area contributed by atoms with Crippen LogP contribution < -0.4 is 5.32 Å². The van der Waals surface area contributed by atoms with Crippen LogP contribution in [0, 0.1) is 0 Å². The second-order valence-corrected chi connectivity index (χ2v) is 6.98. The van der Waals surface area contributed by atoms with Gasteiger partial charge in [0.05, 0.1) is 18.3 Å². The Balaban J connectivity index is 1.71. The standard InChI is InChI=1S/C17H20Cl2N4O/c1-11(14-6-5-13(18)8-15(14)19)21-17(24)23-7-3-4-16(23)12-9-20-22(2)10-12/h5-6,8-11,16H,3-4,7H2,1-2H3,(H,21,24)/t11-,16?/m1/s1. The van der Waals surface area contributed by atoms with Crippen molar-refractivity contribution in [2.75, 3.05) is 6.54 Å². The number of carbonyl (C=O) groups excluding carboxylic acids is 1. The van der Waals surface area contributed by atoms with E-state index in [1.54, 1.807) is 16.8 Å². The van der Waals surface area contributed by atoms with Gasteiger partial charge in [0.25, 0.3) is 0 Å². The molecule has 0 bridgehead atoms. The highest BCUT2D eigenvalue weighted by Crippen LogP contribution is 2.32. The van der Waals surface area contributed by atoms with E-state index in [4.69, 9.17) is 23.2 Å². The molecule has 1 fully saturated rings. The molecular formula is C17H20Cl2N4O. The van der Waals surface area contributed by atoms with Gasteiger partial charge in [0.15, 0.2) is 0 Å². The first-order chi connectivity index (χ1) is 11.5. The van der Waals surface area contributed by atoms with E-state index in [1.807, 2.05) is 37.3 Å². The van der Waals surface area contributed by atoms with E-state index in [0.29, 0.717) is 10.0 Å². The molecule has 0 spiro atoms. The Morgan fingerprint density at radius 3 is 2.88 bits per heavy atom. The average molecular weight is 367 g/mol. The highest BCUT2D eigenvalue weighted by molar-refractivity contribution is 6.35. The zero-order chi connectivity index (χ0) is 17.3. The summed E-state index contributed by atoms with van der Waals surface area (Å²) in [4.78, 5) is 14.6. The fourth-order valence-corrected chi connectivity index (χ4v) is 3.74. The Morgan fingerprint density at radius 2 is 2.21 bits per heavy atom. The maximum atomic E-state index is 12.7.